The van der Waals surface area contributed by atoms with Crippen LogP contribution in [0.3, 0.4) is 0 Å². The lowest BCUT2D eigenvalue weighted by atomic mass is 9.93. The monoisotopic (exact) mass is 311 g/mol. The second-order valence-electron chi connectivity index (χ2n) is 6.04. The van der Waals surface area contributed by atoms with Crippen molar-refractivity contribution in [2.45, 2.75) is 31.8 Å². The molecule has 1 atom stereocenters. The lowest BCUT2D eigenvalue weighted by Gasteiger charge is -2.37. The predicted molar refractivity (Wildman–Crippen MR) is 93.0 cm³/mol. The van der Waals surface area contributed by atoms with Crippen LogP contribution in [0.1, 0.15) is 36.4 Å². The third-order valence-corrected chi connectivity index (χ3v) is 4.64. The van der Waals surface area contributed by atoms with Crippen molar-refractivity contribution in [2.75, 3.05) is 20.8 Å². The highest BCUT2D eigenvalue weighted by Gasteiger charge is 2.29. The summed E-state index contributed by atoms with van der Waals surface area (Å²) >= 11 is 0. The molecule has 1 aliphatic heterocycles. The topological polar surface area (TPSA) is 21.7 Å². The Hall–Kier alpha value is -2.00. The second kappa shape index (κ2) is 7.51. The molecule has 1 fully saturated rings. The van der Waals surface area contributed by atoms with Gasteiger partial charge < -0.3 is 9.47 Å². The van der Waals surface area contributed by atoms with Gasteiger partial charge in [0.05, 0.1) is 19.8 Å². The van der Waals surface area contributed by atoms with Gasteiger partial charge in [-0.3, -0.25) is 4.90 Å². The molecule has 1 saturated heterocycles. The van der Waals surface area contributed by atoms with E-state index in [9.17, 15) is 0 Å². The molecular formula is C20H25NO2. The summed E-state index contributed by atoms with van der Waals surface area (Å²) in [5, 5.41) is 0. The van der Waals surface area contributed by atoms with Crippen LogP contribution in [0, 0.1) is 0 Å². The van der Waals surface area contributed by atoms with E-state index in [1.807, 2.05) is 18.2 Å². The summed E-state index contributed by atoms with van der Waals surface area (Å²) in [6, 6.07) is 17.1. The molecule has 2 aromatic rings. The lowest BCUT2D eigenvalue weighted by Crippen LogP contribution is -2.33. The van der Waals surface area contributed by atoms with Crippen LogP contribution in [-0.4, -0.2) is 25.7 Å². The van der Waals surface area contributed by atoms with Crippen LogP contribution >= 0.6 is 0 Å². The molecule has 1 heterocycles. The zero-order valence-corrected chi connectivity index (χ0v) is 14.0. The molecule has 1 aliphatic rings. The van der Waals surface area contributed by atoms with Crippen molar-refractivity contribution in [3.05, 3.63) is 59.7 Å². The second-order valence-corrected chi connectivity index (χ2v) is 6.04. The van der Waals surface area contributed by atoms with Crippen LogP contribution in [0.15, 0.2) is 48.5 Å². The van der Waals surface area contributed by atoms with Crippen molar-refractivity contribution in [1.82, 2.24) is 4.90 Å². The molecule has 0 N–H and O–H groups in total. The van der Waals surface area contributed by atoms with E-state index in [1.165, 1.54) is 24.0 Å². The van der Waals surface area contributed by atoms with Gasteiger partial charge in [-0.15, -0.1) is 0 Å². The molecule has 122 valence electrons. The van der Waals surface area contributed by atoms with Crippen LogP contribution in [0.4, 0.5) is 0 Å². The first-order chi connectivity index (χ1) is 11.3. The maximum Gasteiger partial charge on any atom is 0.127 e. The average molecular weight is 311 g/mol. The van der Waals surface area contributed by atoms with Gasteiger partial charge in [-0.1, -0.05) is 42.8 Å². The first-order valence-electron chi connectivity index (χ1n) is 8.32. The minimum atomic E-state index is 0.343. The fourth-order valence-corrected chi connectivity index (χ4v) is 3.53. The molecule has 1 unspecified atom stereocenters. The standard InChI is InChI=1S/C20H25NO2/c1-22-18-12-8-13-19(23-2)20(18)17-11-6-7-14-21(17)15-16-9-4-3-5-10-16/h3-5,8-10,12-13,17H,6-7,11,14-15H2,1-2H3. The van der Waals surface area contributed by atoms with Gasteiger partial charge in [0.15, 0.2) is 0 Å². The number of ether oxygens (including phenoxy) is 2. The first kappa shape index (κ1) is 15.9. The Morgan fingerprint density at radius 3 is 2.26 bits per heavy atom. The largest absolute Gasteiger partial charge is 0.496 e. The summed E-state index contributed by atoms with van der Waals surface area (Å²) in [4.78, 5) is 2.55. The molecule has 3 rings (SSSR count). The smallest absolute Gasteiger partial charge is 0.127 e. The maximum absolute atomic E-state index is 5.63. The summed E-state index contributed by atoms with van der Waals surface area (Å²) in [6.45, 7) is 2.08. The fraction of sp³-hybridized carbons (Fsp3) is 0.400. The Balaban J connectivity index is 1.92. The van der Waals surface area contributed by atoms with Crippen molar-refractivity contribution in [2.24, 2.45) is 0 Å². The van der Waals surface area contributed by atoms with E-state index >= 15 is 0 Å². The number of hydrogen-bond donors (Lipinski definition) is 0. The zero-order chi connectivity index (χ0) is 16.1. The van der Waals surface area contributed by atoms with Gasteiger partial charge in [0.25, 0.3) is 0 Å². The molecule has 0 radical (unpaired) electrons. The molecule has 0 bridgehead atoms. The minimum Gasteiger partial charge on any atom is -0.496 e. The van der Waals surface area contributed by atoms with Crippen LogP contribution < -0.4 is 9.47 Å². The Morgan fingerprint density at radius 1 is 0.913 bits per heavy atom. The van der Waals surface area contributed by atoms with Crippen molar-refractivity contribution in [1.29, 1.82) is 0 Å². The van der Waals surface area contributed by atoms with Crippen molar-refractivity contribution in [3.63, 3.8) is 0 Å². The van der Waals surface area contributed by atoms with Crippen LogP contribution in [-0.2, 0) is 6.54 Å². The van der Waals surface area contributed by atoms with E-state index in [0.29, 0.717) is 6.04 Å². The van der Waals surface area contributed by atoms with Crippen LogP contribution in [0.2, 0.25) is 0 Å². The van der Waals surface area contributed by atoms with Gasteiger partial charge in [-0.2, -0.15) is 0 Å². The van der Waals surface area contributed by atoms with Gasteiger partial charge in [-0.05, 0) is 37.1 Å². The Morgan fingerprint density at radius 2 is 1.61 bits per heavy atom. The molecule has 0 saturated carbocycles. The Labute approximate surface area is 138 Å². The van der Waals surface area contributed by atoms with E-state index in [-0.39, 0.29) is 0 Å². The summed E-state index contributed by atoms with van der Waals surface area (Å²) in [6.07, 6.45) is 3.64. The minimum absolute atomic E-state index is 0.343. The van der Waals surface area contributed by atoms with Gasteiger partial charge in [0.1, 0.15) is 11.5 Å². The lowest BCUT2D eigenvalue weighted by molar-refractivity contribution is 0.135. The highest BCUT2D eigenvalue weighted by Crippen LogP contribution is 2.42. The molecule has 0 amide bonds. The fourth-order valence-electron chi connectivity index (χ4n) is 3.53. The zero-order valence-electron chi connectivity index (χ0n) is 14.0. The molecule has 3 nitrogen and oxygen atoms in total. The quantitative estimate of drug-likeness (QED) is 0.815. The maximum atomic E-state index is 5.63. The highest BCUT2D eigenvalue weighted by molar-refractivity contribution is 5.47. The molecular weight excluding hydrogens is 286 g/mol. The summed E-state index contributed by atoms with van der Waals surface area (Å²) in [5.74, 6) is 1.85. The van der Waals surface area contributed by atoms with Gasteiger partial charge in [0.2, 0.25) is 0 Å². The number of piperidine rings is 1. The van der Waals surface area contributed by atoms with Gasteiger partial charge in [-0.25, -0.2) is 0 Å². The molecule has 0 aliphatic carbocycles. The normalized spacial score (nSPS) is 18.6. The van der Waals surface area contributed by atoms with E-state index in [2.05, 4.69) is 35.2 Å². The Kier molecular flexibility index (Phi) is 5.19. The summed E-state index contributed by atoms with van der Waals surface area (Å²) < 4.78 is 11.3. The van der Waals surface area contributed by atoms with E-state index in [4.69, 9.17) is 9.47 Å². The average Bonchev–Trinajstić information content (AvgIpc) is 2.62. The molecule has 3 heteroatoms. The van der Waals surface area contributed by atoms with Crippen LogP contribution in [0.25, 0.3) is 0 Å². The predicted octanol–water partition coefficient (Wildman–Crippen LogP) is 4.43. The number of nitrogens with zero attached hydrogens (tertiary/aromatic N) is 1. The summed E-state index contributed by atoms with van der Waals surface area (Å²) in [7, 11) is 3.48. The number of likely N-dealkylation sites (tertiary alicyclic amines) is 1. The summed E-state index contributed by atoms with van der Waals surface area (Å²) in [5.41, 5.74) is 2.54. The van der Waals surface area contributed by atoms with Crippen LogP contribution in [0.5, 0.6) is 11.5 Å². The molecule has 23 heavy (non-hydrogen) atoms. The SMILES string of the molecule is COc1cccc(OC)c1C1CCCCN1Cc1ccccc1. The van der Waals surface area contributed by atoms with Crippen molar-refractivity contribution >= 4 is 0 Å². The van der Waals surface area contributed by atoms with Gasteiger partial charge >= 0.3 is 0 Å². The highest BCUT2D eigenvalue weighted by atomic mass is 16.5. The number of hydrogen-bond acceptors (Lipinski definition) is 3. The number of rotatable bonds is 5. The van der Waals surface area contributed by atoms with Crippen molar-refractivity contribution in [3.8, 4) is 11.5 Å². The first-order valence-corrected chi connectivity index (χ1v) is 8.32. The molecule has 0 aromatic heterocycles. The third-order valence-electron chi connectivity index (χ3n) is 4.64. The molecule has 0 spiro atoms. The van der Waals surface area contributed by atoms with E-state index < -0.39 is 0 Å². The molecule has 2 aromatic carbocycles. The van der Waals surface area contributed by atoms with E-state index in [0.717, 1.165) is 31.0 Å². The van der Waals surface area contributed by atoms with Gasteiger partial charge in [0, 0.05) is 12.6 Å². The number of methoxy groups -OCH3 is 2. The van der Waals surface area contributed by atoms with E-state index in [1.54, 1.807) is 14.2 Å². The van der Waals surface area contributed by atoms with Crippen molar-refractivity contribution < 1.29 is 9.47 Å². The third kappa shape index (κ3) is 3.50. The Bertz CT molecular complexity index is 605. The number of benzene rings is 2.